The van der Waals surface area contributed by atoms with Crippen LogP contribution in [0.3, 0.4) is 0 Å². The molecule has 2 saturated heterocycles. The molecule has 0 aromatic heterocycles. The zero-order valence-corrected chi connectivity index (χ0v) is 6.97. The summed E-state index contributed by atoms with van der Waals surface area (Å²) in [5, 5.41) is 12.8. The highest BCUT2D eigenvalue weighted by Crippen LogP contribution is 2.33. The van der Waals surface area contributed by atoms with Crippen molar-refractivity contribution in [2.45, 2.75) is 50.1 Å². The van der Waals surface area contributed by atoms with Crippen molar-refractivity contribution in [1.29, 1.82) is 0 Å². The molecule has 2 aliphatic rings. The van der Waals surface area contributed by atoms with E-state index in [1.165, 1.54) is 38.5 Å². The molecular weight excluding hydrogens is 138 g/mol. The molecule has 2 nitrogen and oxygen atoms in total. The van der Waals surface area contributed by atoms with E-state index in [9.17, 15) is 5.11 Å². The molecule has 2 rings (SSSR count). The van der Waals surface area contributed by atoms with Crippen LogP contribution in [0.1, 0.15) is 38.5 Å². The standard InChI is InChI=1S/C9H17NO/c11-7-9-5-1-3-8(10-9)4-2-6-9/h8,10-11H,1-7H2. The van der Waals surface area contributed by atoms with E-state index in [0.717, 1.165) is 0 Å². The van der Waals surface area contributed by atoms with E-state index in [4.69, 9.17) is 0 Å². The first-order valence-corrected chi connectivity index (χ1v) is 4.73. The van der Waals surface area contributed by atoms with Crippen molar-refractivity contribution < 1.29 is 5.11 Å². The molecule has 0 unspecified atom stereocenters. The van der Waals surface area contributed by atoms with Crippen LogP contribution in [0.4, 0.5) is 0 Å². The fraction of sp³-hybridized carbons (Fsp3) is 1.00. The van der Waals surface area contributed by atoms with Crippen LogP contribution in [-0.4, -0.2) is 23.3 Å². The van der Waals surface area contributed by atoms with E-state index in [-0.39, 0.29) is 5.54 Å². The molecule has 64 valence electrons. The number of hydrogen-bond donors (Lipinski definition) is 2. The smallest absolute Gasteiger partial charge is 0.0613 e. The Morgan fingerprint density at radius 1 is 1.27 bits per heavy atom. The van der Waals surface area contributed by atoms with Crippen LogP contribution in [0.15, 0.2) is 0 Å². The summed E-state index contributed by atoms with van der Waals surface area (Å²) in [6.45, 7) is 0.337. The predicted octanol–water partition coefficient (Wildman–Crippen LogP) is 1.04. The number of rotatable bonds is 1. The maximum atomic E-state index is 9.23. The van der Waals surface area contributed by atoms with Gasteiger partial charge in [-0.15, -0.1) is 0 Å². The highest BCUT2D eigenvalue weighted by atomic mass is 16.3. The Bertz CT molecular complexity index is 136. The normalized spacial score (nSPS) is 43.9. The van der Waals surface area contributed by atoms with E-state index in [1.807, 2.05) is 0 Å². The zero-order chi connectivity index (χ0) is 7.73. The lowest BCUT2D eigenvalue weighted by Crippen LogP contribution is -2.58. The maximum absolute atomic E-state index is 9.23. The van der Waals surface area contributed by atoms with E-state index in [2.05, 4.69) is 5.32 Å². The molecule has 0 amide bonds. The summed E-state index contributed by atoms with van der Waals surface area (Å²) < 4.78 is 0. The summed E-state index contributed by atoms with van der Waals surface area (Å²) in [5.74, 6) is 0. The van der Waals surface area contributed by atoms with Gasteiger partial charge in [0.15, 0.2) is 0 Å². The van der Waals surface area contributed by atoms with Gasteiger partial charge in [-0.2, -0.15) is 0 Å². The summed E-state index contributed by atoms with van der Waals surface area (Å²) in [7, 11) is 0. The van der Waals surface area contributed by atoms with Crippen molar-refractivity contribution in [2.24, 2.45) is 0 Å². The minimum atomic E-state index is 0.126. The average Bonchev–Trinajstić information content (AvgIpc) is 2.05. The van der Waals surface area contributed by atoms with Crippen molar-refractivity contribution in [3.05, 3.63) is 0 Å². The highest BCUT2D eigenvalue weighted by Gasteiger charge is 2.37. The first-order valence-electron chi connectivity index (χ1n) is 4.73. The van der Waals surface area contributed by atoms with E-state index >= 15 is 0 Å². The molecule has 0 aromatic rings. The zero-order valence-electron chi connectivity index (χ0n) is 6.97. The Kier molecular flexibility index (Phi) is 1.90. The van der Waals surface area contributed by atoms with Gasteiger partial charge in [0, 0.05) is 11.6 Å². The monoisotopic (exact) mass is 155 g/mol. The van der Waals surface area contributed by atoms with Crippen LogP contribution in [0, 0.1) is 0 Å². The molecular formula is C9H17NO. The number of nitrogens with one attached hydrogen (secondary N) is 1. The Balaban J connectivity index is 2.07. The number of hydrogen-bond acceptors (Lipinski definition) is 2. The molecule has 2 aliphatic heterocycles. The van der Waals surface area contributed by atoms with Crippen LogP contribution in [0.2, 0.25) is 0 Å². The lowest BCUT2D eigenvalue weighted by atomic mass is 9.77. The van der Waals surface area contributed by atoms with Gasteiger partial charge in [0.25, 0.3) is 0 Å². The summed E-state index contributed by atoms with van der Waals surface area (Å²) in [6, 6.07) is 0.713. The lowest BCUT2D eigenvalue weighted by molar-refractivity contribution is 0.0731. The Hall–Kier alpha value is -0.0800. The van der Waals surface area contributed by atoms with Crippen molar-refractivity contribution in [3.63, 3.8) is 0 Å². The van der Waals surface area contributed by atoms with Gasteiger partial charge < -0.3 is 10.4 Å². The molecule has 0 spiro atoms. The quantitative estimate of drug-likeness (QED) is 0.593. The second kappa shape index (κ2) is 2.76. The lowest BCUT2D eigenvalue weighted by Gasteiger charge is -2.45. The summed E-state index contributed by atoms with van der Waals surface area (Å²) in [5.41, 5.74) is 0.126. The molecule has 2 heteroatoms. The first kappa shape index (κ1) is 7.56. The number of fused-ring (bicyclic) bond motifs is 2. The van der Waals surface area contributed by atoms with Crippen LogP contribution in [0.25, 0.3) is 0 Å². The molecule has 2 heterocycles. The predicted molar refractivity (Wildman–Crippen MR) is 44.4 cm³/mol. The van der Waals surface area contributed by atoms with Crippen molar-refractivity contribution in [1.82, 2.24) is 5.32 Å². The minimum absolute atomic E-state index is 0.126. The third-order valence-electron chi connectivity index (χ3n) is 3.23. The van der Waals surface area contributed by atoms with E-state index in [1.54, 1.807) is 0 Å². The fourth-order valence-electron chi connectivity index (χ4n) is 2.57. The van der Waals surface area contributed by atoms with E-state index in [0.29, 0.717) is 12.6 Å². The second-order valence-corrected chi connectivity index (χ2v) is 4.06. The highest BCUT2D eigenvalue weighted by molar-refractivity contribution is 4.97. The molecule has 11 heavy (non-hydrogen) atoms. The Labute approximate surface area is 68.0 Å². The largest absolute Gasteiger partial charge is 0.394 e. The third-order valence-corrected chi connectivity index (χ3v) is 3.23. The molecule has 0 radical (unpaired) electrons. The van der Waals surface area contributed by atoms with Gasteiger partial charge in [-0.25, -0.2) is 0 Å². The van der Waals surface area contributed by atoms with Crippen molar-refractivity contribution >= 4 is 0 Å². The number of aliphatic hydroxyl groups is 1. The summed E-state index contributed by atoms with van der Waals surface area (Å²) >= 11 is 0. The van der Waals surface area contributed by atoms with Crippen molar-refractivity contribution in [2.75, 3.05) is 6.61 Å². The van der Waals surface area contributed by atoms with Crippen LogP contribution < -0.4 is 5.32 Å². The van der Waals surface area contributed by atoms with Gasteiger partial charge in [-0.05, 0) is 38.5 Å². The second-order valence-electron chi connectivity index (χ2n) is 4.06. The summed E-state index contributed by atoms with van der Waals surface area (Å²) in [4.78, 5) is 0. The molecule has 2 bridgehead atoms. The summed E-state index contributed by atoms with van der Waals surface area (Å²) in [6.07, 6.45) is 7.61. The topological polar surface area (TPSA) is 32.3 Å². The van der Waals surface area contributed by atoms with Gasteiger partial charge in [0.1, 0.15) is 0 Å². The maximum Gasteiger partial charge on any atom is 0.0613 e. The number of piperidine rings is 2. The van der Waals surface area contributed by atoms with Gasteiger partial charge in [0.05, 0.1) is 6.61 Å². The Morgan fingerprint density at radius 3 is 2.36 bits per heavy atom. The van der Waals surface area contributed by atoms with Crippen LogP contribution in [-0.2, 0) is 0 Å². The van der Waals surface area contributed by atoms with Gasteiger partial charge in [-0.1, -0.05) is 0 Å². The van der Waals surface area contributed by atoms with Gasteiger partial charge in [-0.3, -0.25) is 0 Å². The SMILES string of the molecule is OCC12CCCC(CCC1)N2. The molecule has 2 N–H and O–H groups in total. The molecule has 0 atom stereocenters. The van der Waals surface area contributed by atoms with Gasteiger partial charge >= 0.3 is 0 Å². The molecule has 0 aliphatic carbocycles. The average molecular weight is 155 g/mol. The van der Waals surface area contributed by atoms with Crippen molar-refractivity contribution in [3.8, 4) is 0 Å². The Morgan fingerprint density at radius 2 is 1.91 bits per heavy atom. The molecule has 0 saturated carbocycles. The number of aliphatic hydroxyl groups excluding tert-OH is 1. The van der Waals surface area contributed by atoms with Crippen LogP contribution in [0.5, 0.6) is 0 Å². The molecule has 2 fully saturated rings. The fourth-order valence-corrected chi connectivity index (χ4v) is 2.57. The third kappa shape index (κ3) is 1.30. The first-order chi connectivity index (χ1) is 5.35. The minimum Gasteiger partial charge on any atom is -0.394 e. The van der Waals surface area contributed by atoms with Gasteiger partial charge in [0.2, 0.25) is 0 Å². The van der Waals surface area contributed by atoms with E-state index < -0.39 is 0 Å². The van der Waals surface area contributed by atoms with Crippen LogP contribution >= 0.6 is 0 Å². The molecule has 0 aromatic carbocycles.